The van der Waals surface area contributed by atoms with Crippen LogP contribution in [-0.4, -0.2) is 42.4 Å². The lowest BCUT2D eigenvalue weighted by atomic mass is 9.94. The van der Waals surface area contributed by atoms with Crippen LogP contribution in [0, 0.1) is 11.6 Å². The zero-order chi connectivity index (χ0) is 22.8. The second-order valence-electron chi connectivity index (χ2n) is 8.23. The Morgan fingerprint density at radius 1 is 1.06 bits per heavy atom. The first kappa shape index (κ1) is 22.7. The van der Waals surface area contributed by atoms with Gasteiger partial charge in [-0.3, -0.25) is 14.9 Å². The molecule has 1 fully saturated rings. The SMILES string of the molecule is CC(C)(C)c1cc(C(=O)N2CCNC(=O)CC2)c(NC(=O)Nc2cc(F)cc(F)c2)s1. The van der Waals surface area contributed by atoms with E-state index in [1.807, 2.05) is 20.8 Å². The molecule has 1 aliphatic rings. The second-order valence-corrected chi connectivity index (χ2v) is 9.29. The molecule has 0 spiro atoms. The molecule has 3 rings (SSSR count). The quantitative estimate of drug-likeness (QED) is 0.662. The third-order valence-electron chi connectivity index (χ3n) is 4.65. The van der Waals surface area contributed by atoms with Gasteiger partial charge in [0.15, 0.2) is 0 Å². The van der Waals surface area contributed by atoms with Crippen LogP contribution in [0.2, 0.25) is 0 Å². The van der Waals surface area contributed by atoms with Gasteiger partial charge in [0.1, 0.15) is 16.6 Å². The van der Waals surface area contributed by atoms with E-state index in [2.05, 4.69) is 16.0 Å². The first-order chi connectivity index (χ1) is 14.5. The van der Waals surface area contributed by atoms with E-state index in [4.69, 9.17) is 0 Å². The topological polar surface area (TPSA) is 90.5 Å². The van der Waals surface area contributed by atoms with E-state index in [0.29, 0.717) is 29.7 Å². The fourth-order valence-electron chi connectivity index (χ4n) is 3.04. The maximum absolute atomic E-state index is 13.4. The lowest BCUT2D eigenvalue weighted by Crippen LogP contribution is -2.34. The van der Waals surface area contributed by atoms with Crippen LogP contribution in [0.4, 0.5) is 24.3 Å². The van der Waals surface area contributed by atoms with Gasteiger partial charge in [0.25, 0.3) is 5.91 Å². The molecule has 0 bridgehead atoms. The molecule has 4 amide bonds. The Hall–Kier alpha value is -3.01. The van der Waals surface area contributed by atoms with E-state index in [1.54, 1.807) is 11.0 Å². The van der Waals surface area contributed by atoms with Gasteiger partial charge >= 0.3 is 6.03 Å². The first-order valence-corrected chi connectivity index (χ1v) is 10.6. The van der Waals surface area contributed by atoms with E-state index in [0.717, 1.165) is 17.0 Å². The molecule has 0 aliphatic carbocycles. The molecule has 2 heterocycles. The third-order valence-corrected chi connectivity index (χ3v) is 6.13. The summed E-state index contributed by atoms with van der Waals surface area (Å²) in [4.78, 5) is 39.7. The molecule has 0 unspecified atom stereocenters. The number of anilines is 2. The molecule has 3 N–H and O–H groups in total. The monoisotopic (exact) mass is 450 g/mol. The maximum atomic E-state index is 13.4. The number of carbonyl (C=O) groups excluding carboxylic acids is 3. The van der Waals surface area contributed by atoms with Crippen LogP contribution in [0.5, 0.6) is 0 Å². The highest BCUT2D eigenvalue weighted by atomic mass is 32.1. The van der Waals surface area contributed by atoms with Crippen LogP contribution in [0.3, 0.4) is 0 Å². The van der Waals surface area contributed by atoms with Gasteiger partial charge in [-0.25, -0.2) is 13.6 Å². The van der Waals surface area contributed by atoms with Crippen molar-refractivity contribution >= 4 is 39.9 Å². The Morgan fingerprint density at radius 2 is 1.74 bits per heavy atom. The molecular formula is C21H24F2N4O3S. The smallest absolute Gasteiger partial charge is 0.324 e. The number of urea groups is 1. The summed E-state index contributed by atoms with van der Waals surface area (Å²) >= 11 is 1.26. The molecule has 0 atom stereocenters. The van der Waals surface area contributed by atoms with E-state index < -0.39 is 17.7 Å². The molecule has 10 heteroatoms. The number of nitrogens with one attached hydrogen (secondary N) is 3. The Kier molecular flexibility index (Phi) is 6.59. The predicted molar refractivity (Wildman–Crippen MR) is 116 cm³/mol. The number of hydrogen-bond donors (Lipinski definition) is 3. The largest absolute Gasteiger partial charge is 0.354 e. The predicted octanol–water partition coefficient (Wildman–Crippen LogP) is 3.93. The van der Waals surface area contributed by atoms with E-state index in [9.17, 15) is 23.2 Å². The number of rotatable bonds is 3. The summed E-state index contributed by atoms with van der Waals surface area (Å²) in [6.45, 7) is 6.96. The highest BCUT2D eigenvalue weighted by molar-refractivity contribution is 7.16. The van der Waals surface area contributed by atoms with Gasteiger partial charge in [0.2, 0.25) is 5.91 Å². The summed E-state index contributed by atoms with van der Waals surface area (Å²) in [6.07, 6.45) is 0.205. The number of benzene rings is 1. The molecule has 1 aromatic heterocycles. The Bertz CT molecular complexity index is 996. The van der Waals surface area contributed by atoms with E-state index >= 15 is 0 Å². The first-order valence-electron chi connectivity index (χ1n) is 9.77. The standard InChI is InChI=1S/C21H24F2N4O3S/c1-21(2,3)16-11-15(19(29)27-6-4-17(28)24-5-7-27)18(31-16)26-20(30)25-14-9-12(22)8-13(23)10-14/h8-11H,4-7H2,1-3H3,(H,24,28)(H2,25,26,30). The van der Waals surface area contributed by atoms with Gasteiger partial charge in [0.05, 0.1) is 5.56 Å². The number of carbonyl (C=O) groups is 3. The van der Waals surface area contributed by atoms with Crippen molar-refractivity contribution in [2.24, 2.45) is 0 Å². The summed E-state index contributed by atoms with van der Waals surface area (Å²) in [6, 6.07) is 3.70. The van der Waals surface area contributed by atoms with Crippen molar-refractivity contribution in [1.82, 2.24) is 10.2 Å². The van der Waals surface area contributed by atoms with Crippen LogP contribution >= 0.6 is 11.3 Å². The average molecular weight is 451 g/mol. The van der Waals surface area contributed by atoms with Gasteiger partial charge in [0, 0.05) is 42.7 Å². The van der Waals surface area contributed by atoms with Crippen molar-refractivity contribution in [2.75, 3.05) is 30.3 Å². The van der Waals surface area contributed by atoms with E-state index in [1.165, 1.54) is 11.3 Å². The van der Waals surface area contributed by atoms with Crippen LogP contribution < -0.4 is 16.0 Å². The lowest BCUT2D eigenvalue weighted by Gasteiger charge is -2.20. The molecule has 1 aliphatic heterocycles. The van der Waals surface area contributed by atoms with Crippen molar-refractivity contribution in [1.29, 1.82) is 0 Å². The second kappa shape index (κ2) is 9.01. The highest BCUT2D eigenvalue weighted by Gasteiger charge is 2.28. The number of thiophene rings is 1. The summed E-state index contributed by atoms with van der Waals surface area (Å²) < 4.78 is 26.8. The fourth-order valence-corrected chi connectivity index (χ4v) is 4.15. The number of nitrogens with zero attached hydrogens (tertiary/aromatic N) is 1. The lowest BCUT2D eigenvalue weighted by molar-refractivity contribution is -0.120. The van der Waals surface area contributed by atoms with Crippen LogP contribution in [0.1, 0.15) is 42.4 Å². The Balaban J connectivity index is 1.84. The van der Waals surface area contributed by atoms with Crippen LogP contribution in [0.15, 0.2) is 24.3 Å². The molecule has 166 valence electrons. The minimum absolute atomic E-state index is 0.0485. The molecule has 7 nitrogen and oxygen atoms in total. The van der Waals surface area contributed by atoms with Crippen LogP contribution in [0.25, 0.3) is 0 Å². The summed E-state index contributed by atoms with van der Waals surface area (Å²) in [5.74, 6) is -2.05. The van der Waals surface area contributed by atoms with Crippen molar-refractivity contribution in [3.05, 3.63) is 46.3 Å². The van der Waals surface area contributed by atoms with Crippen LogP contribution in [-0.2, 0) is 10.2 Å². The molecule has 1 aromatic carbocycles. The van der Waals surface area contributed by atoms with Gasteiger partial charge in [-0.1, -0.05) is 20.8 Å². The van der Waals surface area contributed by atoms with Crippen molar-refractivity contribution < 1.29 is 23.2 Å². The molecule has 31 heavy (non-hydrogen) atoms. The normalized spacial score (nSPS) is 14.6. The molecule has 2 aromatic rings. The minimum Gasteiger partial charge on any atom is -0.354 e. The molecular weight excluding hydrogens is 426 g/mol. The Morgan fingerprint density at radius 3 is 2.39 bits per heavy atom. The summed E-state index contributed by atoms with van der Waals surface area (Å²) in [5, 5.41) is 8.06. The highest BCUT2D eigenvalue weighted by Crippen LogP contribution is 2.37. The molecule has 0 radical (unpaired) electrons. The average Bonchev–Trinajstić information content (AvgIpc) is 2.94. The molecule has 0 saturated carbocycles. The minimum atomic E-state index is -0.818. The Labute approximate surface area is 182 Å². The van der Waals surface area contributed by atoms with Crippen molar-refractivity contribution in [3.63, 3.8) is 0 Å². The van der Waals surface area contributed by atoms with Gasteiger partial charge < -0.3 is 15.5 Å². The molecule has 1 saturated heterocycles. The van der Waals surface area contributed by atoms with E-state index in [-0.39, 0.29) is 35.9 Å². The number of halogens is 2. The summed E-state index contributed by atoms with van der Waals surface area (Å²) in [5.41, 5.74) is -0.00427. The van der Waals surface area contributed by atoms with Gasteiger partial charge in [-0.15, -0.1) is 11.3 Å². The van der Waals surface area contributed by atoms with Gasteiger partial charge in [-0.2, -0.15) is 0 Å². The van der Waals surface area contributed by atoms with Gasteiger partial charge in [-0.05, 0) is 23.6 Å². The fraction of sp³-hybridized carbons (Fsp3) is 0.381. The van der Waals surface area contributed by atoms with Crippen molar-refractivity contribution in [3.8, 4) is 0 Å². The summed E-state index contributed by atoms with van der Waals surface area (Å²) in [7, 11) is 0. The zero-order valence-corrected chi connectivity index (χ0v) is 18.3. The number of hydrogen-bond acceptors (Lipinski definition) is 4. The zero-order valence-electron chi connectivity index (χ0n) is 17.5. The third kappa shape index (κ3) is 5.78. The van der Waals surface area contributed by atoms with Crippen molar-refractivity contribution in [2.45, 2.75) is 32.6 Å². The number of amides is 4. The maximum Gasteiger partial charge on any atom is 0.324 e.